The van der Waals surface area contributed by atoms with Crippen molar-refractivity contribution >= 4 is 50.8 Å². The fraction of sp³-hybridized carbons (Fsp3) is 0. The van der Waals surface area contributed by atoms with Gasteiger partial charge in [-0.25, -0.2) is 9.97 Å². The van der Waals surface area contributed by atoms with E-state index in [4.69, 9.17) is 28.2 Å². The Bertz CT molecular complexity index is 1370. The van der Waals surface area contributed by atoms with Crippen molar-refractivity contribution in [2.45, 2.75) is 0 Å². The van der Waals surface area contributed by atoms with Gasteiger partial charge in [0.2, 0.25) is 0 Å². The molecule has 0 atom stereocenters. The van der Waals surface area contributed by atoms with Gasteiger partial charge >= 0.3 is 0 Å². The zero-order valence-electron chi connectivity index (χ0n) is 13.2. The first-order chi connectivity index (χ1) is 12.6. The van der Waals surface area contributed by atoms with E-state index in [-0.39, 0.29) is 5.56 Å². The largest absolute Gasteiger partial charge is 0.284 e. The van der Waals surface area contributed by atoms with Gasteiger partial charge in [-0.15, -0.1) is 0 Å². The number of hydrogen-bond acceptors (Lipinski definition) is 3. The second kappa shape index (κ2) is 5.56. The number of rotatable bonds is 1. The first-order valence-corrected chi connectivity index (χ1v) is 8.62. The minimum Gasteiger partial charge on any atom is -0.284 e. The van der Waals surface area contributed by atoms with Crippen LogP contribution < -0.4 is 5.56 Å². The molecule has 0 radical (unpaired) electrons. The summed E-state index contributed by atoms with van der Waals surface area (Å²) in [5.74, 6) is 0. The van der Waals surface area contributed by atoms with Crippen LogP contribution in [0.15, 0.2) is 65.7 Å². The topological polar surface area (TPSA) is 52.2 Å². The summed E-state index contributed by atoms with van der Waals surface area (Å²) in [6.07, 6.45) is 3.32. The molecule has 7 heteroatoms. The predicted octanol–water partition coefficient (Wildman–Crippen LogP) is 4.49. The maximum atomic E-state index is 13.3. The van der Waals surface area contributed by atoms with Crippen LogP contribution in [0.25, 0.3) is 33.3 Å². The molecule has 0 unspecified atom stereocenters. The lowest BCUT2D eigenvalue weighted by atomic mass is 10.1. The summed E-state index contributed by atoms with van der Waals surface area (Å²) in [4.78, 5) is 22.1. The molecule has 5 nitrogen and oxygen atoms in total. The quantitative estimate of drug-likeness (QED) is 0.402. The summed E-state index contributed by atoms with van der Waals surface area (Å²) in [6, 6.07) is 14.4. The Labute approximate surface area is 157 Å². The molecule has 5 aromatic rings. The summed E-state index contributed by atoms with van der Waals surface area (Å²) in [7, 11) is 0. The first kappa shape index (κ1) is 15.4. The molecule has 0 spiro atoms. The molecular weight excluding hydrogens is 371 g/mol. The van der Waals surface area contributed by atoms with Crippen molar-refractivity contribution in [2.24, 2.45) is 0 Å². The van der Waals surface area contributed by atoms with Crippen molar-refractivity contribution < 1.29 is 0 Å². The van der Waals surface area contributed by atoms with Crippen LogP contribution in [0.5, 0.6) is 0 Å². The van der Waals surface area contributed by atoms with Crippen molar-refractivity contribution in [1.82, 2.24) is 18.9 Å². The van der Waals surface area contributed by atoms with Crippen LogP contribution >= 0.6 is 23.2 Å². The SMILES string of the molecule is O=c1c2ccccc2c2nc3ccc(Cl)cn3c2n1-c1ccc(Cl)nc1. The number of halogens is 2. The van der Waals surface area contributed by atoms with Gasteiger partial charge in [0.25, 0.3) is 5.56 Å². The fourth-order valence-corrected chi connectivity index (χ4v) is 3.51. The predicted molar refractivity (Wildman–Crippen MR) is 104 cm³/mol. The summed E-state index contributed by atoms with van der Waals surface area (Å²) < 4.78 is 3.41. The van der Waals surface area contributed by atoms with E-state index in [1.54, 1.807) is 41.2 Å². The van der Waals surface area contributed by atoms with E-state index in [0.29, 0.717) is 32.5 Å². The van der Waals surface area contributed by atoms with Gasteiger partial charge in [0.1, 0.15) is 16.3 Å². The highest BCUT2D eigenvalue weighted by molar-refractivity contribution is 6.30. The third kappa shape index (κ3) is 2.14. The molecular formula is C19H10Cl2N4O. The molecule has 4 heterocycles. The second-order valence-electron chi connectivity index (χ2n) is 5.88. The minimum atomic E-state index is -0.154. The molecule has 0 aliphatic carbocycles. The Morgan fingerprint density at radius 2 is 1.73 bits per heavy atom. The van der Waals surface area contributed by atoms with Crippen LogP contribution in [0, 0.1) is 0 Å². The Hall–Kier alpha value is -2.89. The molecule has 0 bridgehead atoms. The van der Waals surface area contributed by atoms with Crippen molar-refractivity contribution in [1.29, 1.82) is 0 Å². The Morgan fingerprint density at radius 3 is 2.50 bits per heavy atom. The molecule has 0 amide bonds. The molecule has 5 rings (SSSR count). The van der Waals surface area contributed by atoms with E-state index in [2.05, 4.69) is 4.98 Å². The van der Waals surface area contributed by atoms with E-state index in [9.17, 15) is 4.79 Å². The zero-order valence-corrected chi connectivity index (χ0v) is 14.7. The average Bonchev–Trinajstić information content (AvgIpc) is 3.02. The molecule has 0 N–H and O–H groups in total. The lowest BCUT2D eigenvalue weighted by Crippen LogP contribution is -2.20. The number of hydrogen-bond donors (Lipinski definition) is 0. The molecule has 1 aromatic carbocycles. The summed E-state index contributed by atoms with van der Waals surface area (Å²) in [6.45, 7) is 0. The van der Waals surface area contributed by atoms with Crippen molar-refractivity contribution in [3.63, 3.8) is 0 Å². The number of fused-ring (bicyclic) bond motifs is 5. The third-order valence-corrected chi connectivity index (χ3v) is 4.80. The van der Waals surface area contributed by atoms with Gasteiger partial charge in [0.15, 0.2) is 5.65 Å². The Morgan fingerprint density at radius 1 is 0.923 bits per heavy atom. The highest BCUT2D eigenvalue weighted by Crippen LogP contribution is 2.26. The normalized spacial score (nSPS) is 11.6. The maximum absolute atomic E-state index is 13.3. The van der Waals surface area contributed by atoms with Crippen LogP contribution in [-0.4, -0.2) is 18.9 Å². The number of benzene rings is 1. The summed E-state index contributed by atoms with van der Waals surface area (Å²) in [5, 5.41) is 2.30. The Kier molecular flexibility index (Phi) is 3.29. The maximum Gasteiger partial charge on any atom is 0.264 e. The number of pyridine rings is 3. The van der Waals surface area contributed by atoms with Gasteiger partial charge < -0.3 is 0 Å². The van der Waals surface area contributed by atoms with Crippen LogP contribution in [0.4, 0.5) is 0 Å². The highest BCUT2D eigenvalue weighted by atomic mass is 35.5. The molecule has 0 aliphatic heterocycles. The van der Waals surface area contributed by atoms with E-state index < -0.39 is 0 Å². The van der Waals surface area contributed by atoms with Gasteiger partial charge in [0.05, 0.1) is 16.9 Å². The monoisotopic (exact) mass is 380 g/mol. The van der Waals surface area contributed by atoms with E-state index >= 15 is 0 Å². The molecule has 0 fully saturated rings. The average molecular weight is 381 g/mol. The van der Waals surface area contributed by atoms with E-state index in [1.807, 2.05) is 28.7 Å². The molecule has 126 valence electrons. The minimum absolute atomic E-state index is 0.154. The van der Waals surface area contributed by atoms with Gasteiger partial charge in [-0.2, -0.15) is 0 Å². The van der Waals surface area contributed by atoms with Gasteiger partial charge in [-0.05, 0) is 30.3 Å². The van der Waals surface area contributed by atoms with Crippen molar-refractivity contribution in [2.75, 3.05) is 0 Å². The third-order valence-electron chi connectivity index (χ3n) is 4.35. The molecule has 0 saturated heterocycles. The van der Waals surface area contributed by atoms with Gasteiger partial charge in [0, 0.05) is 17.0 Å². The number of nitrogens with zero attached hydrogens (tertiary/aromatic N) is 4. The number of imidazole rings is 1. The van der Waals surface area contributed by atoms with Crippen molar-refractivity contribution in [3.8, 4) is 5.69 Å². The Balaban J connectivity index is 2.09. The van der Waals surface area contributed by atoms with Crippen molar-refractivity contribution in [3.05, 3.63) is 81.5 Å². The van der Waals surface area contributed by atoms with E-state index in [1.165, 1.54) is 0 Å². The first-order valence-electron chi connectivity index (χ1n) is 7.86. The molecule has 0 aliphatic rings. The fourth-order valence-electron chi connectivity index (χ4n) is 3.23. The lowest BCUT2D eigenvalue weighted by molar-refractivity contribution is 1.00. The smallest absolute Gasteiger partial charge is 0.264 e. The van der Waals surface area contributed by atoms with Crippen LogP contribution in [0.3, 0.4) is 0 Å². The lowest BCUT2D eigenvalue weighted by Gasteiger charge is -2.10. The van der Waals surface area contributed by atoms with Crippen LogP contribution in [-0.2, 0) is 0 Å². The van der Waals surface area contributed by atoms with Gasteiger partial charge in [-0.3, -0.25) is 13.8 Å². The van der Waals surface area contributed by atoms with Gasteiger partial charge in [-0.1, -0.05) is 41.4 Å². The standard InChI is InChI=1S/C19H10Cl2N4O/c20-11-5-8-16-23-17-13-3-1-2-4-14(13)19(26)25(18(17)24(16)10-11)12-6-7-15(21)22-9-12/h1-10H. The molecule has 26 heavy (non-hydrogen) atoms. The summed E-state index contributed by atoms with van der Waals surface area (Å²) >= 11 is 12.1. The van der Waals surface area contributed by atoms with Crippen LogP contribution in [0.1, 0.15) is 0 Å². The van der Waals surface area contributed by atoms with E-state index in [0.717, 1.165) is 10.9 Å². The summed E-state index contributed by atoms with van der Waals surface area (Å²) in [5.41, 5.74) is 2.51. The zero-order chi connectivity index (χ0) is 17.8. The highest BCUT2D eigenvalue weighted by Gasteiger charge is 2.17. The number of aromatic nitrogens is 4. The van der Waals surface area contributed by atoms with Crippen LogP contribution in [0.2, 0.25) is 10.2 Å². The second-order valence-corrected chi connectivity index (χ2v) is 6.71. The molecule has 0 saturated carbocycles. The molecule has 4 aromatic heterocycles.